The predicted octanol–water partition coefficient (Wildman–Crippen LogP) is 1.37. The van der Waals surface area contributed by atoms with Gasteiger partial charge in [0.25, 0.3) is 0 Å². The molecule has 1 unspecified atom stereocenters. The molecule has 0 spiro atoms. The first kappa shape index (κ1) is 15.4. The summed E-state index contributed by atoms with van der Waals surface area (Å²) in [7, 11) is 0. The zero-order valence-corrected chi connectivity index (χ0v) is 12.2. The van der Waals surface area contributed by atoms with E-state index in [1.807, 2.05) is 0 Å². The monoisotopic (exact) mass is 255 g/mol. The Labute approximate surface area is 111 Å². The summed E-state index contributed by atoms with van der Waals surface area (Å²) in [6.07, 6.45) is 4.87. The largest absolute Gasteiger partial charge is 0.353 e. The van der Waals surface area contributed by atoms with Crippen LogP contribution in [0.4, 0.5) is 0 Å². The average molecular weight is 255 g/mol. The number of nitrogens with one attached hydrogen (secondary N) is 2. The molecular formula is C14H29N3O. The van der Waals surface area contributed by atoms with E-state index in [0.29, 0.717) is 12.6 Å². The fraction of sp³-hybridized carbons (Fsp3) is 0.929. The molecule has 0 aromatic carbocycles. The van der Waals surface area contributed by atoms with Crippen LogP contribution in [0, 0.1) is 0 Å². The predicted molar refractivity (Wildman–Crippen MR) is 75.7 cm³/mol. The van der Waals surface area contributed by atoms with E-state index in [0.717, 1.165) is 38.5 Å². The topological polar surface area (TPSA) is 44.4 Å². The number of rotatable bonds is 10. The normalized spacial score (nSPS) is 16.9. The Hall–Kier alpha value is -0.610. The summed E-state index contributed by atoms with van der Waals surface area (Å²) in [6, 6.07) is 1.11. The number of carbonyl (C=O) groups excluding carboxylic acids is 1. The number of nitrogens with zero attached hydrogens (tertiary/aromatic N) is 1. The van der Waals surface area contributed by atoms with E-state index in [4.69, 9.17) is 0 Å². The quantitative estimate of drug-likeness (QED) is 0.579. The van der Waals surface area contributed by atoms with Crippen LogP contribution in [0.2, 0.25) is 0 Å². The molecule has 4 nitrogen and oxygen atoms in total. The molecule has 2 N–H and O–H groups in total. The van der Waals surface area contributed by atoms with E-state index in [9.17, 15) is 4.79 Å². The zero-order valence-electron chi connectivity index (χ0n) is 12.2. The maximum absolute atomic E-state index is 11.6. The second-order valence-electron chi connectivity index (χ2n) is 5.29. The Morgan fingerprint density at radius 1 is 1.39 bits per heavy atom. The van der Waals surface area contributed by atoms with E-state index < -0.39 is 0 Å². The lowest BCUT2D eigenvalue weighted by Gasteiger charge is -2.20. The van der Waals surface area contributed by atoms with Gasteiger partial charge in [0.1, 0.15) is 0 Å². The van der Waals surface area contributed by atoms with Crippen molar-refractivity contribution in [2.45, 2.75) is 58.5 Å². The van der Waals surface area contributed by atoms with Gasteiger partial charge in [0.2, 0.25) is 5.91 Å². The summed E-state index contributed by atoms with van der Waals surface area (Å²) in [4.78, 5) is 14.1. The summed E-state index contributed by atoms with van der Waals surface area (Å²) < 4.78 is 0. The maximum atomic E-state index is 11.6. The molecule has 1 fully saturated rings. The average Bonchev–Trinajstić information content (AvgIpc) is 3.13. The summed E-state index contributed by atoms with van der Waals surface area (Å²) in [5, 5.41) is 6.23. The lowest BCUT2D eigenvalue weighted by Crippen LogP contribution is -2.41. The Balaban J connectivity index is 2.00. The van der Waals surface area contributed by atoms with Crippen LogP contribution in [-0.4, -0.2) is 49.1 Å². The zero-order chi connectivity index (χ0) is 13.4. The van der Waals surface area contributed by atoms with Gasteiger partial charge in [-0.1, -0.05) is 20.3 Å². The van der Waals surface area contributed by atoms with Gasteiger partial charge in [-0.05, 0) is 32.7 Å². The third-order valence-corrected chi connectivity index (χ3v) is 3.46. The van der Waals surface area contributed by atoms with Crippen LogP contribution in [0.15, 0.2) is 0 Å². The minimum absolute atomic E-state index is 0.116. The summed E-state index contributed by atoms with van der Waals surface area (Å²) in [6.45, 7) is 9.92. The lowest BCUT2D eigenvalue weighted by atomic mass is 10.2. The van der Waals surface area contributed by atoms with E-state index in [1.165, 1.54) is 12.8 Å². The molecule has 106 valence electrons. The second kappa shape index (κ2) is 8.48. The van der Waals surface area contributed by atoms with Gasteiger partial charge in [-0.15, -0.1) is 0 Å². The van der Waals surface area contributed by atoms with Gasteiger partial charge in [-0.3, -0.25) is 9.69 Å². The Morgan fingerprint density at radius 2 is 2.11 bits per heavy atom. The van der Waals surface area contributed by atoms with E-state index in [-0.39, 0.29) is 5.91 Å². The van der Waals surface area contributed by atoms with Crippen molar-refractivity contribution in [2.24, 2.45) is 0 Å². The highest BCUT2D eigenvalue weighted by Gasteiger charge is 2.26. The second-order valence-corrected chi connectivity index (χ2v) is 5.29. The molecule has 0 radical (unpaired) electrons. The minimum Gasteiger partial charge on any atom is -0.353 e. The van der Waals surface area contributed by atoms with Crippen molar-refractivity contribution in [2.75, 3.05) is 26.2 Å². The van der Waals surface area contributed by atoms with Gasteiger partial charge >= 0.3 is 0 Å². The third-order valence-electron chi connectivity index (χ3n) is 3.46. The molecule has 1 aliphatic rings. The van der Waals surface area contributed by atoms with Gasteiger partial charge in [0.05, 0.1) is 6.54 Å². The molecule has 0 aromatic heterocycles. The number of carbonyl (C=O) groups is 1. The van der Waals surface area contributed by atoms with Crippen molar-refractivity contribution < 1.29 is 4.79 Å². The first-order valence-corrected chi connectivity index (χ1v) is 7.41. The van der Waals surface area contributed by atoms with Crippen molar-refractivity contribution in [3.8, 4) is 0 Å². The lowest BCUT2D eigenvalue weighted by molar-refractivity contribution is -0.120. The molecule has 0 aromatic rings. The number of amides is 1. The fourth-order valence-corrected chi connectivity index (χ4v) is 2.29. The van der Waals surface area contributed by atoms with Crippen LogP contribution in [0.3, 0.4) is 0 Å². The highest BCUT2D eigenvalue weighted by atomic mass is 16.1. The van der Waals surface area contributed by atoms with Crippen molar-refractivity contribution in [1.82, 2.24) is 15.5 Å². The number of hydrogen-bond acceptors (Lipinski definition) is 3. The number of likely N-dealkylation sites (N-methyl/N-ethyl adjacent to an activating group) is 1. The molecule has 1 saturated carbocycles. The molecule has 0 heterocycles. The van der Waals surface area contributed by atoms with Crippen molar-refractivity contribution in [1.29, 1.82) is 0 Å². The van der Waals surface area contributed by atoms with Gasteiger partial charge in [0.15, 0.2) is 0 Å². The Bertz CT molecular complexity index is 241. The first-order valence-electron chi connectivity index (χ1n) is 7.41. The molecule has 0 saturated heterocycles. The highest BCUT2D eigenvalue weighted by molar-refractivity contribution is 5.78. The van der Waals surface area contributed by atoms with Crippen molar-refractivity contribution >= 4 is 5.91 Å². The van der Waals surface area contributed by atoms with Crippen LogP contribution >= 0.6 is 0 Å². The van der Waals surface area contributed by atoms with Gasteiger partial charge in [0, 0.05) is 25.2 Å². The van der Waals surface area contributed by atoms with Crippen molar-refractivity contribution in [3.05, 3.63) is 0 Å². The standard InChI is InChI=1S/C14H29N3O/c1-4-6-12(3)16-14(18)11-15-9-10-17(5-2)13-7-8-13/h12-13,15H,4-11H2,1-3H3,(H,16,18). The van der Waals surface area contributed by atoms with E-state index >= 15 is 0 Å². The van der Waals surface area contributed by atoms with Crippen LogP contribution in [0.25, 0.3) is 0 Å². The molecule has 1 amide bonds. The van der Waals surface area contributed by atoms with E-state index in [2.05, 4.69) is 36.3 Å². The van der Waals surface area contributed by atoms with E-state index in [1.54, 1.807) is 0 Å². The summed E-state index contributed by atoms with van der Waals surface area (Å²) >= 11 is 0. The van der Waals surface area contributed by atoms with Crippen LogP contribution < -0.4 is 10.6 Å². The molecule has 0 aliphatic heterocycles. The molecule has 18 heavy (non-hydrogen) atoms. The fourth-order valence-electron chi connectivity index (χ4n) is 2.29. The van der Waals surface area contributed by atoms with Crippen molar-refractivity contribution in [3.63, 3.8) is 0 Å². The first-order chi connectivity index (χ1) is 8.67. The molecule has 4 heteroatoms. The molecule has 1 aliphatic carbocycles. The van der Waals surface area contributed by atoms with Gasteiger partial charge in [-0.2, -0.15) is 0 Å². The molecule has 1 rings (SSSR count). The maximum Gasteiger partial charge on any atom is 0.234 e. The molecular weight excluding hydrogens is 226 g/mol. The van der Waals surface area contributed by atoms with Crippen LogP contribution in [0.1, 0.15) is 46.5 Å². The molecule has 1 atom stereocenters. The summed E-state index contributed by atoms with van der Waals surface area (Å²) in [5.41, 5.74) is 0. The summed E-state index contributed by atoms with van der Waals surface area (Å²) in [5.74, 6) is 0.116. The number of hydrogen-bond donors (Lipinski definition) is 2. The van der Waals surface area contributed by atoms with Crippen LogP contribution in [0.5, 0.6) is 0 Å². The Kier molecular flexibility index (Phi) is 7.28. The minimum atomic E-state index is 0.116. The van der Waals surface area contributed by atoms with Gasteiger partial charge in [-0.25, -0.2) is 0 Å². The third kappa shape index (κ3) is 6.36. The Morgan fingerprint density at radius 3 is 2.67 bits per heavy atom. The molecule has 0 bridgehead atoms. The highest BCUT2D eigenvalue weighted by Crippen LogP contribution is 2.25. The van der Waals surface area contributed by atoms with Crippen LogP contribution in [-0.2, 0) is 4.79 Å². The van der Waals surface area contributed by atoms with Gasteiger partial charge < -0.3 is 10.6 Å². The SMILES string of the molecule is CCCC(C)NC(=O)CNCCN(CC)C1CC1. The smallest absolute Gasteiger partial charge is 0.234 e.